The molecule has 7 rings (SSSR count). The molecule has 6 unspecified atom stereocenters. The molecule has 3 fully saturated rings. The maximum Gasteiger partial charge on any atom is 0.239 e. The van der Waals surface area contributed by atoms with Gasteiger partial charge in [-0.1, -0.05) is 29.8 Å². The van der Waals surface area contributed by atoms with E-state index in [1.807, 2.05) is 18.2 Å². The van der Waals surface area contributed by atoms with E-state index >= 15 is 0 Å². The minimum atomic E-state index is -0.213. The van der Waals surface area contributed by atoms with Crippen molar-refractivity contribution in [2.24, 2.45) is 35.5 Å². The first-order valence-electron chi connectivity index (χ1n) is 11.0. The Kier molecular flexibility index (Phi) is 4.54. The van der Waals surface area contributed by atoms with E-state index in [1.165, 1.54) is 4.90 Å². The van der Waals surface area contributed by atoms with Gasteiger partial charge < -0.3 is 9.47 Å². The Morgan fingerprint density at radius 2 is 1.78 bits per heavy atom. The van der Waals surface area contributed by atoms with Crippen LogP contribution in [0.4, 0.5) is 5.82 Å². The summed E-state index contributed by atoms with van der Waals surface area (Å²) in [5.41, 5.74) is 1.04. The van der Waals surface area contributed by atoms with Crippen molar-refractivity contribution in [3.05, 3.63) is 59.3 Å². The maximum absolute atomic E-state index is 13.2. The average molecular weight is 451 g/mol. The molecule has 2 aromatic rings. The van der Waals surface area contributed by atoms with Crippen molar-refractivity contribution >= 4 is 29.2 Å². The van der Waals surface area contributed by atoms with Crippen molar-refractivity contribution in [2.75, 3.05) is 18.6 Å². The van der Waals surface area contributed by atoms with Gasteiger partial charge in [0.2, 0.25) is 11.8 Å². The van der Waals surface area contributed by atoms with Gasteiger partial charge in [0.05, 0.1) is 36.8 Å². The van der Waals surface area contributed by atoms with Crippen molar-refractivity contribution in [3.8, 4) is 11.5 Å². The maximum atomic E-state index is 13.2. The number of amides is 2. The summed E-state index contributed by atoms with van der Waals surface area (Å²) in [6.07, 6.45) is 7.76. The number of methoxy groups -OCH3 is 1. The lowest BCUT2D eigenvalue weighted by Crippen LogP contribution is -2.40. The summed E-state index contributed by atoms with van der Waals surface area (Å²) in [6.45, 7) is 0.452. The van der Waals surface area contributed by atoms with Gasteiger partial charge >= 0.3 is 0 Å². The monoisotopic (exact) mass is 450 g/mol. The fourth-order valence-corrected chi connectivity index (χ4v) is 6.21. The van der Waals surface area contributed by atoms with E-state index in [2.05, 4.69) is 17.1 Å². The highest BCUT2D eigenvalue weighted by Gasteiger charge is 2.67. The molecule has 0 spiro atoms. The molecule has 5 aliphatic rings. The molecule has 2 bridgehead atoms. The quantitative estimate of drug-likeness (QED) is 0.493. The molecular formula is C25H23ClN2O4. The number of nitrogens with zero attached hydrogens (tertiary/aromatic N) is 2. The third-order valence-electron chi connectivity index (χ3n) is 7.49. The molecule has 1 saturated heterocycles. The van der Waals surface area contributed by atoms with Gasteiger partial charge in [-0.3, -0.25) is 9.59 Å². The SMILES string of the molecule is COc1ccc(CCOc2ccc(N3C(=O)C4C5C=CC(C6CC56)C4C3=O)nc2)cc1Cl. The Labute approximate surface area is 191 Å². The highest BCUT2D eigenvalue weighted by molar-refractivity contribution is 6.32. The van der Waals surface area contributed by atoms with Crippen LogP contribution in [0.1, 0.15) is 12.0 Å². The summed E-state index contributed by atoms with van der Waals surface area (Å²) in [5.74, 6) is 2.61. The van der Waals surface area contributed by atoms with Gasteiger partial charge in [0, 0.05) is 6.42 Å². The van der Waals surface area contributed by atoms with Gasteiger partial charge in [-0.05, 0) is 59.9 Å². The van der Waals surface area contributed by atoms with Crippen LogP contribution in [-0.2, 0) is 16.0 Å². The van der Waals surface area contributed by atoms with Crippen LogP contribution < -0.4 is 14.4 Å². The van der Waals surface area contributed by atoms with E-state index in [4.69, 9.17) is 21.1 Å². The molecule has 0 N–H and O–H groups in total. The lowest BCUT2D eigenvalue weighted by Gasteiger charge is -2.37. The van der Waals surface area contributed by atoms with E-state index in [0.717, 1.165) is 12.0 Å². The number of aromatic nitrogens is 1. The number of halogens is 1. The Morgan fingerprint density at radius 3 is 2.38 bits per heavy atom. The minimum Gasteiger partial charge on any atom is -0.495 e. The summed E-state index contributed by atoms with van der Waals surface area (Å²) in [4.78, 5) is 32.0. The van der Waals surface area contributed by atoms with E-state index in [1.54, 1.807) is 25.4 Å². The fourth-order valence-electron chi connectivity index (χ4n) is 5.93. The number of hydrogen-bond donors (Lipinski definition) is 0. The summed E-state index contributed by atoms with van der Waals surface area (Å²) < 4.78 is 11.0. The fraction of sp³-hybridized carbons (Fsp3) is 0.400. The van der Waals surface area contributed by atoms with Gasteiger partial charge in [0.25, 0.3) is 0 Å². The van der Waals surface area contributed by atoms with Gasteiger partial charge in [0.1, 0.15) is 17.3 Å². The van der Waals surface area contributed by atoms with Gasteiger partial charge in [-0.2, -0.15) is 0 Å². The predicted octanol–water partition coefficient (Wildman–Crippen LogP) is 3.92. The number of carbonyl (C=O) groups excluding carboxylic acids is 2. The largest absolute Gasteiger partial charge is 0.495 e. The number of imide groups is 1. The number of carbonyl (C=O) groups is 2. The molecular weight excluding hydrogens is 428 g/mol. The molecule has 0 radical (unpaired) electrons. The lowest BCUT2D eigenvalue weighted by molar-refractivity contribution is -0.124. The first-order valence-corrected chi connectivity index (χ1v) is 11.4. The molecule has 1 aromatic carbocycles. The summed E-state index contributed by atoms with van der Waals surface area (Å²) >= 11 is 6.17. The molecule has 1 aliphatic heterocycles. The molecule has 164 valence electrons. The second-order valence-corrected chi connectivity index (χ2v) is 9.49. The predicted molar refractivity (Wildman–Crippen MR) is 119 cm³/mol. The van der Waals surface area contributed by atoms with Gasteiger partial charge in [-0.15, -0.1) is 0 Å². The molecule has 4 aliphatic carbocycles. The van der Waals surface area contributed by atoms with Crippen molar-refractivity contribution < 1.29 is 19.1 Å². The van der Waals surface area contributed by atoms with Crippen molar-refractivity contribution in [1.29, 1.82) is 0 Å². The van der Waals surface area contributed by atoms with Gasteiger partial charge in [-0.25, -0.2) is 9.88 Å². The van der Waals surface area contributed by atoms with Crippen molar-refractivity contribution in [2.45, 2.75) is 12.8 Å². The number of ether oxygens (including phenoxy) is 2. The standard InChI is InChI=1S/C25H23ClN2O4/c1-31-20-6-2-13(10-19(20)26)8-9-32-14-3-7-21(27-12-14)28-24(29)22-15-4-5-16(18-11-17(15)18)23(22)25(28)30/h2-7,10,12,15-18,22-23H,8-9,11H2,1H3. The van der Waals surface area contributed by atoms with E-state index in [-0.39, 0.29) is 35.5 Å². The second kappa shape index (κ2) is 7.34. The highest BCUT2D eigenvalue weighted by Crippen LogP contribution is 2.65. The number of hydrogen-bond acceptors (Lipinski definition) is 5. The molecule has 6 nitrogen and oxygen atoms in total. The first-order chi connectivity index (χ1) is 15.6. The van der Waals surface area contributed by atoms with E-state index < -0.39 is 0 Å². The topological polar surface area (TPSA) is 68.7 Å². The van der Waals surface area contributed by atoms with Crippen LogP contribution in [0.3, 0.4) is 0 Å². The number of anilines is 1. The van der Waals surface area contributed by atoms with Crippen molar-refractivity contribution in [3.63, 3.8) is 0 Å². The number of benzene rings is 1. The Balaban J connectivity index is 1.12. The first kappa shape index (κ1) is 19.8. The third kappa shape index (κ3) is 2.96. The Morgan fingerprint density at radius 1 is 1.06 bits per heavy atom. The van der Waals surface area contributed by atoms with Crippen molar-refractivity contribution in [1.82, 2.24) is 4.98 Å². The normalized spacial score (nSPS) is 31.5. The Hall–Kier alpha value is -2.86. The molecule has 6 atom stereocenters. The van der Waals surface area contributed by atoms with Crippen LogP contribution in [0.5, 0.6) is 11.5 Å². The summed E-state index contributed by atoms with van der Waals surface area (Å²) in [7, 11) is 1.58. The van der Waals surface area contributed by atoms with Crippen LogP contribution >= 0.6 is 11.6 Å². The second-order valence-electron chi connectivity index (χ2n) is 9.09. The smallest absolute Gasteiger partial charge is 0.239 e. The van der Waals surface area contributed by atoms with Crippen LogP contribution in [0.15, 0.2) is 48.7 Å². The molecule has 7 heteroatoms. The summed E-state index contributed by atoms with van der Waals surface area (Å²) in [5, 5.41) is 0.567. The van der Waals surface area contributed by atoms with Crippen LogP contribution in [0.2, 0.25) is 5.02 Å². The number of pyridine rings is 1. The molecule has 1 aromatic heterocycles. The molecule has 2 amide bonds. The molecule has 2 heterocycles. The van der Waals surface area contributed by atoms with E-state index in [9.17, 15) is 9.59 Å². The number of allylic oxidation sites excluding steroid dienone is 2. The Bertz CT molecular complexity index is 1100. The molecule has 2 saturated carbocycles. The zero-order chi connectivity index (χ0) is 22.0. The average Bonchev–Trinajstić information content (AvgIpc) is 3.58. The minimum absolute atomic E-state index is 0.0951. The lowest BCUT2D eigenvalue weighted by atomic mass is 9.63. The van der Waals surface area contributed by atoms with Gasteiger partial charge in [0.15, 0.2) is 0 Å². The third-order valence-corrected chi connectivity index (χ3v) is 7.78. The van der Waals surface area contributed by atoms with Crippen LogP contribution in [0, 0.1) is 35.5 Å². The zero-order valence-corrected chi connectivity index (χ0v) is 18.4. The zero-order valence-electron chi connectivity index (χ0n) is 17.6. The number of rotatable bonds is 6. The van der Waals surface area contributed by atoms with Crippen LogP contribution in [-0.4, -0.2) is 30.5 Å². The van der Waals surface area contributed by atoms with E-state index in [0.29, 0.717) is 47.2 Å². The molecule has 32 heavy (non-hydrogen) atoms. The highest BCUT2D eigenvalue weighted by atomic mass is 35.5. The van der Waals surface area contributed by atoms with Crippen LogP contribution in [0.25, 0.3) is 0 Å². The summed E-state index contributed by atoms with van der Waals surface area (Å²) in [6, 6.07) is 9.10.